The number of carbonyl (C=O) groups is 1. The van der Waals surface area contributed by atoms with Crippen LogP contribution in [0.1, 0.15) is 24.8 Å². The van der Waals surface area contributed by atoms with Gasteiger partial charge in [-0.1, -0.05) is 12.1 Å². The third-order valence-corrected chi connectivity index (χ3v) is 6.98. The van der Waals surface area contributed by atoms with E-state index < -0.39 is 21.6 Å². The molecule has 7 nitrogen and oxygen atoms in total. The Labute approximate surface area is 173 Å². The van der Waals surface area contributed by atoms with Crippen LogP contribution in [0.3, 0.4) is 0 Å². The highest BCUT2D eigenvalue weighted by Gasteiger charge is 2.26. The first-order chi connectivity index (χ1) is 14.4. The molecule has 156 valence electrons. The fourth-order valence-corrected chi connectivity index (χ4v) is 4.96. The monoisotopic (exact) mass is 427 g/mol. The highest BCUT2D eigenvalue weighted by molar-refractivity contribution is 7.89. The van der Waals surface area contributed by atoms with Gasteiger partial charge in [0.25, 0.3) is 0 Å². The lowest BCUT2D eigenvalue weighted by Gasteiger charge is -2.15. The summed E-state index contributed by atoms with van der Waals surface area (Å²) in [6, 6.07) is 14.4. The van der Waals surface area contributed by atoms with Crippen LogP contribution in [0, 0.1) is 0 Å². The molecule has 0 aliphatic carbocycles. The number of hydrogen-bond acceptors (Lipinski definition) is 6. The molecule has 2 aromatic carbocycles. The van der Waals surface area contributed by atoms with Crippen molar-refractivity contribution >= 4 is 27.0 Å². The van der Waals surface area contributed by atoms with Gasteiger partial charge in [0.15, 0.2) is 0 Å². The maximum Gasteiger partial charge on any atom is 0.336 e. The van der Waals surface area contributed by atoms with Crippen molar-refractivity contribution in [3.8, 4) is 5.75 Å². The molecule has 0 spiro atoms. The van der Waals surface area contributed by atoms with E-state index in [0.717, 1.165) is 23.8 Å². The summed E-state index contributed by atoms with van der Waals surface area (Å²) in [6.07, 6.45) is 2.34. The molecule has 1 aromatic heterocycles. The van der Waals surface area contributed by atoms with Gasteiger partial charge >= 0.3 is 11.6 Å². The molecule has 30 heavy (non-hydrogen) atoms. The number of esters is 1. The number of carbonyl (C=O) groups excluding carboxylic acids is 1. The largest absolute Gasteiger partial charge is 0.426 e. The van der Waals surface area contributed by atoms with E-state index in [4.69, 9.17) is 9.15 Å². The van der Waals surface area contributed by atoms with Crippen molar-refractivity contribution in [1.29, 1.82) is 0 Å². The second-order valence-electron chi connectivity index (χ2n) is 7.18. The average molecular weight is 427 g/mol. The van der Waals surface area contributed by atoms with Gasteiger partial charge in [-0.15, -0.1) is 0 Å². The molecule has 0 radical (unpaired) electrons. The maximum absolute atomic E-state index is 12.6. The average Bonchev–Trinajstić information content (AvgIpc) is 3.28. The minimum Gasteiger partial charge on any atom is -0.426 e. The molecule has 0 saturated carbocycles. The zero-order chi connectivity index (χ0) is 21.1. The van der Waals surface area contributed by atoms with Gasteiger partial charge in [0.2, 0.25) is 10.0 Å². The van der Waals surface area contributed by atoms with E-state index >= 15 is 0 Å². The van der Waals surface area contributed by atoms with E-state index in [0.29, 0.717) is 30.8 Å². The van der Waals surface area contributed by atoms with Gasteiger partial charge in [0, 0.05) is 37.0 Å². The lowest BCUT2D eigenvalue weighted by molar-refractivity contribution is -0.134. The first-order valence-electron chi connectivity index (χ1n) is 9.75. The normalized spacial score (nSPS) is 14.8. The van der Waals surface area contributed by atoms with Gasteiger partial charge in [0.05, 0.1) is 4.90 Å². The Hall–Kier alpha value is -2.97. The molecule has 0 atom stereocenters. The fraction of sp³-hybridized carbons (Fsp3) is 0.273. The van der Waals surface area contributed by atoms with E-state index in [2.05, 4.69) is 0 Å². The lowest BCUT2D eigenvalue weighted by Crippen LogP contribution is -2.27. The number of fused-ring (bicyclic) bond motifs is 1. The summed E-state index contributed by atoms with van der Waals surface area (Å²) >= 11 is 0. The number of sulfonamides is 1. The Morgan fingerprint density at radius 3 is 2.43 bits per heavy atom. The van der Waals surface area contributed by atoms with Gasteiger partial charge in [-0.3, -0.25) is 4.79 Å². The van der Waals surface area contributed by atoms with Crippen molar-refractivity contribution in [3.05, 3.63) is 70.6 Å². The molecule has 2 heterocycles. The molecule has 1 aliphatic rings. The Balaban J connectivity index is 1.36. The molecule has 4 rings (SSSR count). The Morgan fingerprint density at radius 1 is 1.00 bits per heavy atom. The van der Waals surface area contributed by atoms with E-state index in [1.165, 1.54) is 16.4 Å². The van der Waals surface area contributed by atoms with Crippen molar-refractivity contribution in [2.75, 3.05) is 13.1 Å². The van der Waals surface area contributed by atoms with Gasteiger partial charge in [-0.25, -0.2) is 13.2 Å². The summed E-state index contributed by atoms with van der Waals surface area (Å²) in [5.41, 5.74) is 0.723. The Morgan fingerprint density at radius 2 is 1.70 bits per heavy atom. The minimum atomic E-state index is -3.44. The van der Waals surface area contributed by atoms with Crippen molar-refractivity contribution < 1.29 is 22.4 Å². The van der Waals surface area contributed by atoms with Gasteiger partial charge in [-0.2, -0.15) is 4.31 Å². The molecule has 1 saturated heterocycles. The van der Waals surface area contributed by atoms with Crippen LogP contribution in [0.2, 0.25) is 0 Å². The van der Waals surface area contributed by atoms with Gasteiger partial charge < -0.3 is 9.15 Å². The summed E-state index contributed by atoms with van der Waals surface area (Å²) in [4.78, 5) is 23.8. The van der Waals surface area contributed by atoms with Crippen LogP contribution in [-0.4, -0.2) is 31.8 Å². The predicted octanol–water partition coefficient (Wildman–Crippen LogP) is 3.12. The molecule has 1 fully saturated rings. The number of rotatable bonds is 6. The molecule has 0 bridgehead atoms. The van der Waals surface area contributed by atoms with Crippen molar-refractivity contribution in [2.45, 2.75) is 30.6 Å². The maximum atomic E-state index is 12.6. The summed E-state index contributed by atoms with van der Waals surface area (Å²) in [6.45, 7) is 1.13. The molecule has 8 heteroatoms. The molecule has 1 aliphatic heterocycles. The second-order valence-corrected chi connectivity index (χ2v) is 9.12. The van der Waals surface area contributed by atoms with Crippen molar-refractivity contribution in [2.24, 2.45) is 0 Å². The van der Waals surface area contributed by atoms with E-state index in [1.54, 1.807) is 42.5 Å². The van der Waals surface area contributed by atoms with E-state index in [-0.39, 0.29) is 11.3 Å². The lowest BCUT2D eigenvalue weighted by atomic mass is 10.1. The summed E-state index contributed by atoms with van der Waals surface area (Å²) in [5, 5.41) is 0.735. The predicted molar refractivity (Wildman–Crippen MR) is 111 cm³/mol. The third kappa shape index (κ3) is 4.44. The summed E-state index contributed by atoms with van der Waals surface area (Å²) in [7, 11) is -3.44. The number of nitrogens with zero attached hydrogens (tertiary/aromatic N) is 1. The van der Waals surface area contributed by atoms with Gasteiger partial charge in [0.1, 0.15) is 11.3 Å². The second kappa shape index (κ2) is 8.41. The van der Waals surface area contributed by atoms with Crippen LogP contribution in [0.25, 0.3) is 11.0 Å². The molecular formula is C22H21NO6S. The number of hydrogen-bond donors (Lipinski definition) is 0. The zero-order valence-electron chi connectivity index (χ0n) is 16.2. The van der Waals surface area contributed by atoms with Crippen LogP contribution < -0.4 is 10.4 Å². The van der Waals surface area contributed by atoms with Crippen LogP contribution in [-0.2, 0) is 21.2 Å². The standard InChI is InChI=1S/C22H21NO6S/c24-21(28-18-8-6-17-7-12-22(25)29-20(17)15-18)11-5-16-3-9-19(10-4-16)30(26,27)23-13-1-2-14-23/h3-4,6-10,12,15H,1-2,5,11,13-14H2. The quantitative estimate of drug-likeness (QED) is 0.341. The Kier molecular flexibility index (Phi) is 5.69. The molecule has 0 unspecified atom stereocenters. The van der Waals surface area contributed by atoms with Crippen LogP contribution in [0.5, 0.6) is 5.75 Å². The molecule has 3 aromatic rings. The SMILES string of the molecule is O=C(CCc1ccc(S(=O)(=O)N2CCCC2)cc1)Oc1ccc2ccc(=O)oc2c1. The topological polar surface area (TPSA) is 93.9 Å². The van der Waals surface area contributed by atoms with Crippen LogP contribution in [0.15, 0.2) is 68.7 Å². The highest BCUT2D eigenvalue weighted by atomic mass is 32.2. The number of aryl methyl sites for hydroxylation is 1. The number of benzene rings is 2. The molecule has 0 N–H and O–H groups in total. The first kappa shape index (κ1) is 20.3. The van der Waals surface area contributed by atoms with Crippen molar-refractivity contribution in [3.63, 3.8) is 0 Å². The molecular weight excluding hydrogens is 406 g/mol. The van der Waals surface area contributed by atoms with E-state index in [1.807, 2.05) is 0 Å². The van der Waals surface area contributed by atoms with Crippen LogP contribution in [0.4, 0.5) is 0 Å². The minimum absolute atomic E-state index is 0.134. The zero-order valence-corrected chi connectivity index (χ0v) is 17.1. The first-order valence-corrected chi connectivity index (χ1v) is 11.2. The summed E-state index contributed by atoms with van der Waals surface area (Å²) in [5.74, 6) is -0.129. The molecule has 0 amide bonds. The van der Waals surface area contributed by atoms with E-state index in [9.17, 15) is 18.0 Å². The highest BCUT2D eigenvalue weighted by Crippen LogP contribution is 2.22. The van der Waals surface area contributed by atoms with Gasteiger partial charge in [-0.05, 0) is 55.2 Å². The van der Waals surface area contributed by atoms with Crippen molar-refractivity contribution in [1.82, 2.24) is 4.31 Å². The smallest absolute Gasteiger partial charge is 0.336 e. The van der Waals surface area contributed by atoms with Crippen LogP contribution >= 0.6 is 0 Å². The Bertz CT molecular complexity index is 1220. The number of ether oxygens (including phenoxy) is 1. The third-order valence-electron chi connectivity index (χ3n) is 5.07. The summed E-state index contributed by atoms with van der Waals surface area (Å²) < 4.78 is 37.0. The fourth-order valence-electron chi connectivity index (χ4n) is 3.44.